The maximum atomic E-state index is 13.5. The monoisotopic (exact) mass is 510 g/mol. The van der Waals surface area contributed by atoms with Gasteiger partial charge in [-0.15, -0.1) is 0 Å². The number of anilines is 1. The standard InChI is InChI=1S/C26H28ClFN6O2/c1-25(2,34-30-8-9-31-34)6-7-26(36)13-17-10-16(11-18(17)14-26)22-23(33(3)15-29-22)24(35)32-19-4-5-21(28)20(27)12-19/h4-5,8-9,12,15-18,36H,10-11,13-14H2,1-3H3,(H,32,35). The predicted molar refractivity (Wildman–Crippen MR) is 133 cm³/mol. The highest BCUT2D eigenvalue weighted by atomic mass is 35.5. The van der Waals surface area contributed by atoms with Gasteiger partial charge in [-0.3, -0.25) is 4.79 Å². The number of halogens is 2. The molecule has 0 radical (unpaired) electrons. The molecular formula is C26H28ClFN6O2. The zero-order valence-electron chi connectivity index (χ0n) is 20.4. The Balaban J connectivity index is 1.28. The summed E-state index contributed by atoms with van der Waals surface area (Å²) in [6.07, 6.45) is 7.71. The van der Waals surface area contributed by atoms with E-state index in [4.69, 9.17) is 11.6 Å². The van der Waals surface area contributed by atoms with Crippen LogP contribution in [0.1, 0.15) is 61.6 Å². The molecule has 2 aromatic heterocycles. The molecule has 0 spiro atoms. The molecule has 2 aliphatic carbocycles. The predicted octanol–water partition coefficient (Wildman–Crippen LogP) is 4.13. The molecule has 2 N–H and O–H groups in total. The average molecular weight is 511 g/mol. The van der Waals surface area contributed by atoms with Gasteiger partial charge in [0.1, 0.15) is 22.7 Å². The van der Waals surface area contributed by atoms with Gasteiger partial charge >= 0.3 is 0 Å². The molecule has 3 aromatic rings. The normalized spacial score (nSPS) is 25.3. The summed E-state index contributed by atoms with van der Waals surface area (Å²) in [6.45, 7) is 3.84. The first-order valence-corrected chi connectivity index (χ1v) is 12.3. The third kappa shape index (κ3) is 4.63. The number of nitrogens with zero attached hydrogens (tertiary/aromatic N) is 5. The molecule has 2 saturated carbocycles. The maximum absolute atomic E-state index is 13.5. The SMILES string of the molecule is Cn1cnc(C2CC3CC(O)(C#CC(C)(C)n4nccn4)CC3C2)c1C(=O)Nc1ccc(F)c(Cl)c1. The number of amides is 1. The van der Waals surface area contributed by atoms with Crippen molar-refractivity contribution in [2.75, 3.05) is 5.32 Å². The quantitative estimate of drug-likeness (QED) is 0.514. The second-order valence-corrected chi connectivity index (χ2v) is 10.8. The third-order valence-electron chi connectivity index (χ3n) is 7.31. The first-order valence-electron chi connectivity index (χ1n) is 12.0. The summed E-state index contributed by atoms with van der Waals surface area (Å²) in [5, 5.41) is 22.3. The molecule has 2 aliphatic rings. The smallest absolute Gasteiger partial charge is 0.274 e. The van der Waals surface area contributed by atoms with E-state index in [1.165, 1.54) is 18.2 Å². The molecule has 1 amide bonds. The number of aromatic nitrogens is 5. The van der Waals surface area contributed by atoms with Gasteiger partial charge in [0.2, 0.25) is 0 Å². The van der Waals surface area contributed by atoms with Crippen LogP contribution in [0.4, 0.5) is 10.1 Å². The summed E-state index contributed by atoms with van der Waals surface area (Å²) in [5.41, 5.74) is -0.0257. The highest BCUT2D eigenvalue weighted by Gasteiger charge is 2.49. The van der Waals surface area contributed by atoms with Crippen LogP contribution in [0.3, 0.4) is 0 Å². The van der Waals surface area contributed by atoms with Crippen LogP contribution in [-0.4, -0.2) is 41.2 Å². The van der Waals surface area contributed by atoms with E-state index >= 15 is 0 Å². The highest BCUT2D eigenvalue weighted by Crippen LogP contribution is 2.53. The van der Waals surface area contributed by atoms with Crippen molar-refractivity contribution in [3.63, 3.8) is 0 Å². The maximum Gasteiger partial charge on any atom is 0.274 e. The van der Waals surface area contributed by atoms with E-state index in [0.29, 0.717) is 36.1 Å². The highest BCUT2D eigenvalue weighted by molar-refractivity contribution is 6.31. The molecule has 8 nitrogen and oxygen atoms in total. The minimum atomic E-state index is -1.04. The Labute approximate surface area is 213 Å². The second kappa shape index (κ2) is 9.02. The number of hydrogen-bond donors (Lipinski definition) is 2. The number of carbonyl (C=O) groups is 1. The topological polar surface area (TPSA) is 97.9 Å². The fourth-order valence-electron chi connectivity index (χ4n) is 5.60. The molecule has 1 aromatic carbocycles. The summed E-state index contributed by atoms with van der Waals surface area (Å²) in [4.78, 5) is 19.2. The van der Waals surface area contributed by atoms with Gasteiger partial charge in [-0.05, 0) is 69.6 Å². The second-order valence-electron chi connectivity index (χ2n) is 10.4. The molecule has 2 heterocycles. The summed E-state index contributed by atoms with van der Waals surface area (Å²) in [5.74, 6) is 6.15. The minimum Gasteiger partial charge on any atom is -0.378 e. The lowest BCUT2D eigenvalue weighted by molar-refractivity contribution is 0.0975. The number of imidazole rings is 1. The zero-order chi connectivity index (χ0) is 25.7. The van der Waals surface area contributed by atoms with Crippen LogP contribution < -0.4 is 5.32 Å². The van der Waals surface area contributed by atoms with Crippen molar-refractivity contribution in [3.8, 4) is 11.8 Å². The van der Waals surface area contributed by atoms with Crippen molar-refractivity contribution < 1.29 is 14.3 Å². The number of fused-ring (bicyclic) bond motifs is 1. The van der Waals surface area contributed by atoms with Crippen LogP contribution in [-0.2, 0) is 12.6 Å². The van der Waals surface area contributed by atoms with E-state index in [1.807, 2.05) is 13.8 Å². The van der Waals surface area contributed by atoms with Gasteiger partial charge in [0.15, 0.2) is 0 Å². The van der Waals surface area contributed by atoms with E-state index in [0.717, 1.165) is 18.5 Å². The van der Waals surface area contributed by atoms with E-state index in [9.17, 15) is 14.3 Å². The van der Waals surface area contributed by atoms with Gasteiger partial charge < -0.3 is 15.0 Å². The van der Waals surface area contributed by atoms with Crippen LogP contribution in [0.15, 0.2) is 36.9 Å². The molecule has 188 valence electrons. The van der Waals surface area contributed by atoms with Crippen LogP contribution in [0.5, 0.6) is 0 Å². The molecule has 2 unspecified atom stereocenters. The van der Waals surface area contributed by atoms with Crippen molar-refractivity contribution in [1.29, 1.82) is 0 Å². The van der Waals surface area contributed by atoms with Gasteiger partial charge in [-0.2, -0.15) is 15.0 Å². The number of nitrogens with one attached hydrogen (secondary N) is 1. The van der Waals surface area contributed by atoms with Gasteiger partial charge in [0, 0.05) is 18.7 Å². The number of benzene rings is 1. The molecule has 36 heavy (non-hydrogen) atoms. The van der Waals surface area contributed by atoms with E-state index in [2.05, 4.69) is 32.3 Å². The lowest BCUT2D eigenvalue weighted by Gasteiger charge is -2.21. The third-order valence-corrected chi connectivity index (χ3v) is 7.60. The minimum absolute atomic E-state index is 0.0542. The molecule has 0 aliphatic heterocycles. The van der Waals surface area contributed by atoms with Gasteiger partial charge in [-0.25, -0.2) is 9.37 Å². The average Bonchev–Trinajstić information content (AvgIpc) is 3.59. The van der Waals surface area contributed by atoms with Crippen LogP contribution in [0.2, 0.25) is 5.02 Å². The Bertz CT molecular complexity index is 1340. The number of hydrogen-bond acceptors (Lipinski definition) is 5. The van der Waals surface area contributed by atoms with Crippen LogP contribution >= 0.6 is 11.6 Å². The van der Waals surface area contributed by atoms with Crippen molar-refractivity contribution in [1.82, 2.24) is 24.5 Å². The molecule has 5 rings (SSSR count). The fourth-order valence-corrected chi connectivity index (χ4v) is 5.78. The number of aryl methyl sites for hydroxylation is 1. The van der Waals surface area contributed by atoms with Crippen LogP contribution in [0.25, 0.3) is 0 Å². The number of rotatable bonds is 4. The number of aliphatic hydroxyl groups is 1. The summed E-state index contributed by atoms with van der Waals surface area (Å²) >= 11 is 5.86. The summed E-state index contributed by atoms with van der Waals surface area (Å²) in [7, 11) is 1.78. The van der Waals surface area contributed by atoms with Gasteiger partial charge in [0.25, 0.3) is 5.91 Å². The Hall–Kier alpha value is -3.22. The first-order chi connectivity index (χ1) is 17.0. The largest absolute Gasteiger partial charge is 0.378 e. The summed E-state index contributed by atoms with van der Waals surface area (Å²) < 4.78 is 15.2. The fraction of sp³-hybridized carbons (Fsp3) is 0.462. The molecule has 10 heteroatoms. The lowest BCUT2D eigenvalue weighted by atomic mass is 9.92. The first kappa shape index (κ1) is 24.5. The molecule has 0 bridgehead atoms. The van der Waals surface area contributed by atoms with Crippen molar-refractivity contribution in [3.05, 3.63) is 59.1 Å². The summed E-state index contributed by atoms with van der Waals surface area (Å²) in [6, 6.07) is 4.08. The lowest BCUT2D eigenvalue weighted by Crippen LogP contribution is -2.29. The van der Waals surface area contributed by atoms with Crippen molar-refractivity contribution in [2.24, 2.45) is 18.9 Å². The van der Waals surface area contributed by atoms with E-state index in [-0.39, 0.29) is 16.8 Å². The Morgan fingerprint density at radius 2 is 1.92 bits per heavy atom. The van der Waals surface area contributed by atoms with Gasteiger partial charge in [0.05, 0.1) is 29.4 Å². The van der Waals surface area contributed by atoms with Crippen molar-refractivity contribution >= 4 is 23.2 Å². The molecule has 2 fully saturated rings. The molecular weight excluding hydrogens is 483 g/mol. The Morgan fingerprint density at radius 1 is 1.25 bits per heavy atom. The molecule has 2 atom stereocenters. The van der Waals surface area contributed by atoms with Crippen molar-refractivity contribution in [2.45, 2.75) is 56.6 Å². The van der Waals surface area contributed by atoms with E-state index in [1.54, 1.807) is 35.1 Å². The Morgan fingerprint density at radius 3 is 2.56 bits per heavy atom. The van der Waals surface area contributed by atoms with Crippen LogP contribution in [0, 0.1) is 29.5 Å². The van der Waals surface area contributed by atoms with Gasteiger partial charge in [-0.1, -0.05) is 23.4 Å². The zero-order valence-corrected chi connectivity index (χ0v) is 21.1. The Kier molecular flexibility index (Phi) is 6.13. The van der Waals surface area contributed by atoms with E-state index < -0.39 is 17.0 Å². The molecule has 0 saturated heterocycles. The number of carbonyl (C=O) groups excluding carboxylic acids is 1.